The van der Waals surface area contributed by atoms with E-state index in [1.54, 1.807) is 48.5 Å². The highest BCUT2D eigenvalue weighted by atomic mass is 32.2. The Balaban J connectivity index is 1.84. The van der Waals surface area contributed by atoms with Gasteiger partial charge in [-0.05, 0) is 24.3 Å². The zero-order chi connectivity index (χ0) is 40.2. The number of hydrogen-bond acceptors (Lipinski definition) is 16. The van der Waals surface area contributed by atoms with Crippen LogP contribution < -0.4 is 10.6 Å². The van der Waals surface area contributed by atoms with Crippen molar-refractivity contribution in [2.24, 2.45) is 0 Å². The van der Waals surface area contributed by atoms with Gasteiger partial charge in [0.1, 0.15) is 49.0 Å². The zero-order valence-corrected chi connectivity index (χ0v) is 31.8. The lowest BCUT2D eigenvalue weighted by Gasteiger charge is -2.49. The fourth-order valence-corrected chi connectivity index (χ4v) is 7.68. The number of rotatable bonds is 14. The van der Waals surface area contributed by atoms with Crippen LogP contribution in [0.25, 0.3) is 0 Å². The summed E-state index contributed by atoms with van der Waals surface area (Å²) < 4.78 is 46.6. The highest BCUT2D eigenvalue weighted by Crippen LogP contribution is 2.41. The van der Waals surface area contributed by atoms with E-state index in [0.29, 0.717) is 0 Å². The summed E-state index contributed by atoms with van der Waals surface area (Å²) in [5.74, 6) is -4.89. The van der Waals surface area contributed by atoms with Crippen molar-refractivity contribution in [1.29, 1.82) is 0 Å². The second-order valence-corrected chi connectivity index (χ2v) is 13.8. The van der Waals surface area contributed by atoms with Gasteiger partial charge in [0.25, 0.3) is 0 Å². The Morgan fingerprint density at radius 2 is 1.13 bits per heavy atom. The number of ether oxygens (including phenoxy) is 8. The summed E-state index contributed by atoms with van der Waals surface area (Å²) in [4.78, 5) is 88.9. The molecule has 4 rings (SSSR count). The summed E-state index contributed by atoms with van der Waals surface area (Å²) in [6, 6.07) is 13.7. The molecule has 10 atom stereocenters. The lowest BCUT2D eigenvalue weighted by Crippen LogP contribution is -2.68. The number of carbonyl (C=O) groups is 7. The van der Waals surface area contributed by atoms with Crippen LogP contribution in [0.4, 0.5) is 0 Å². The molecule has 2 aliphatic rings. The number of nitrogens with one attached hydrogen (secondary N) is 2. The molecule has 2 fully saturated rings. The van der Waals surface area contributed by atoms with Gasteiger partial charge in [-0.15, -0.1) is 11.8 Å². The Bertz CT molecular complexity index is 1680. The Labute approximate surface area is 321 Å². The predicted octanol–water partition coefficient (Wildman–Crippen LogP) is 1.70. The second-order valence-electron chi connectivity index (χ2n) is 12.5. The monoisotopic (exact) mass is 788 g/mol. The number of amides is 2. The lowest BCUT2D eigenvalue weighted by atomic mass is 9.97. The first-order chi connectivity index (χ1) is 26.2. The van der Waals surface area contributed by atoms with E-state index in [-0.39, 0.29) is 11.1 Å². The Morgan fingerprint density at radius 3 is 1.65 bits per heavy atom. The minimum absolute atomic E-state index is 0.172. The van der Waals surface area contributed by atoms with E-state index in [0.717, 1.165) is 32.5 Å². The molecule has 0 unspecified atom stereocenters. The highest BCUT2D eigenvalue weighted by molar-refractivity contribution is 8.00. The summed E-state index contributed by atoms with van der Waals surface area (Å²) >= 11 is 0.916. The van der Waals surface area contributed by atoms with Gasteiger partial charge in [0, 0.05) is 41.7 Å². The Hall–Kier alpha value is -5.04. The molecule has 17 nitrogen and oxygen atoms in total. The smallest absolute Gasteiger partial charge is 0.338 e. The van der Waals surface area contributed by atoms with Gasteiger partial charge >= 0.3 is 29.8 Å². The third-order valence-electron chi connectivity index (χ3n) is 8.25. The molecule has 0 spiro atoms. The standard InChI is InChI=1S/C37H44N2O15S/c1-19(40)38-28-32(54-35(46)25-15-11-8-12-16-25)33(27(52-36(28)47-6)18-49-34(45)24-13-9-7-10-14-24)55-37-29(39-20(2)41)31(51-23(5)44)30(50-22(4)43)26(53-37)17-48-21(3)42/h7-16,26-33,36-37H,17-18H2,1-6H3,(H,38,40)(H,39,41)/t26-,27-,28-,29-,30-,31-,32-,33-,36-,37+/m1/s1. The maximum absolute atomic E-state index is 13.7. The molecule has 2 amide bonds. The average molecular weight is 789 g/mol. The molecule has 0 saturated carbocycles. The van der Waals surface area contributed by atoms with Crippen LogP contribution in [0.2, 0.25) is 0 Å². The van der Waals surface area contributed by atoms with Gasteiger partial charge in [-0.25, -0.2) is 9.59 Å². The summed E-state index contributed by atoms with van der Waals surface area (Å²) in [6.45, 7) is 4.92. The first-order valence-electron chi connectivity index (χ1n) is 17.2. The van der Waals surface area contributed by atoms with E-state index < -0.39 is 114 Å². The van der Waals surface area contributed by atoms with Gasteiger partial charge in [-0.2, -0.15) is 0 Å². The molecular weight excluding hydrogens is 744 g/mol. The van der Waals surface area contributed by atoms with Crippen LogP contribution in [0.1, 0.15) is 55.3 Å². The van der Waals surface area contributed by atoms with Gasteiger partial charge in [-0.3, -0.25) is 24.0 Å². The molecule has 298 valence electrons. The fraction of sp³-hybridized carbons (Fsp3) is 0.486. The van der Waals surface area contributed by atoms with E-state index in [2.05, 4.69) is 10.6 Å². The van der Waals surface area contributed by atoms with Crippen LogP contribution in [0.3, 0.4) is 0 Å². The SMILES string of the molecule is CO[C@@H]1O[C@H](COC(=O)c2ccccc2)[C@@H](S[C@@H]2O[C@H](COC(C)=O)[C@@H](OC(C)=O)[C@H](OC(C)=O)[C@H]2NC(C)=O)[C@H](OC(=O)c2ccccc2)[C@H]1NC(C)=O. The van der Waals surface area contributed by atoms with Crippen LogP contribution in [0.15, 0.2) is 60.7 Å². The number of esters is 5. The first-order valence-corrected chi connectivity index (χ1v) is 18.1. The predicted molar refractivity (Wildman–Crippen MR) is 191 cm³/mol. The number of benzene rings is 2. The summed E-state index contributed by atoms with van der Waals surface area (Å²) in [5, 5.41) is 4.33. The van der Waals surface area contributed by atoms with Crippen LogP contribution in [-0.2, 0) is 61.9 Å². The molecule has 2 saturated heterocycles. The van der Waals surface area contributed by atoms with Crippen molar-refractivity contribution < 1.29 is 71.5 Å². The third kappa shape index (κ3) is 12.0. The van der Waals surface area contributed by atoms with Gasteiger partial charge in [0.05, 0.1) is 16.4 Å². The molecule has 2 N–H and O–H groups in total. The molecule has 2 aromatic carbocycles. The minimum Gasteiger partial charge on any atom is -0.463 e. The molecule has 18 heteroatoms. The van der Waals surface area contributed by atoms with Crippen LogP contribution >= 0.6 is 11.8 Å². The molecule has 2 heterocycles. The van der Waals surface area contributed by atoms with Crippen molar-refractivity contribution in [3.63, 3.8) is 0 Å². The quantitative estimate of drug-likeness (QED) is 0.206. The normalized spacial score (nSPS) is 27.4. The van der Waals surface area contributed by atoms with Crippen molar-refractivity contribution in [2.75, 3.05) is 20.3 Å². The van der Waals surface area contributed by atoms with Crippen molar-refractivity contribution in [2.45, 2.75) is 94.2 Å². The number of carbonyl (C=O) groups excluding carboxylic acids is 7. The molecule has 0 aliphatic carbocycles. The number of methoxy groups -OCH3 is 1. The number of hydrogen-bond donors (Lipinski definition) is 2. The molecule has 2 aliphatic heterocycles. The molecule has 2 aromatic rings. The summed E-state index contributed by atoms with van der Waals surface area (Å²) in [5.41, 5.74) is -0.855. The van der Waals surface area contributed by atoms with E-state index in [9.17, 15) is 33.6 Å². The fourth-order valence-electron chi connectivity index (χ4n) is 6.07. The largest absolute Gasteiger partial charge is 0.463 e. The highest BCUT2D eigenvalue weighted by Gasteiger charge is 2.56. The van der Waals surface area contributed by atoms with Crippen LogP contribution in [0.5, 0.6) is 0 Å². The van der Waals surface area contributed by atoms with E-state index >= 15 is 0 Å². The van der Waals surface area contributed by atoms with Gasteiger partial charge in [-0.1, -0.05) is 36.4 Å². The van der Waals surface area contributed by atoms with Crippen molar-refractivity contribution in [3.8, 4) is 0 Å². The van der Waals surface area contributed by atoms with Crippen molar-refractivity contribution in [1.82, 2.24) is 10.6 Å². The number of thioether (sulfide) groups is 1. The summed E-state index contributed by atoms with van der Waals surface area (Å²) in [6.07, 6.45) is -7.76. The van der Waals surface area contributed by atoms with Gasteiger partial charge in [0.2, 0.25) is 11.8 Å². The molecular formula is C37H44N2O15S. The van der Waals surface area contributed by atoms with Gasteiger partial charge in [0.15, 0.2) is 18.5 Å². The minimum atomic E-state index is -1.40. The summed E-state index contributed by atoms with van der Waals surface area (Å²) in [7, 11) is 1.31. The molecule has 0 aromatic heterocycles. The molecule has 0 bridgehead atoms. The Morgan fingerprint density at radius 1 is 0.600 bits per heavy atom. The Kier molecular flexibility index (Phi) is 15.6. The third-order valence-corrected chi connectivity index (χ3v) is 9.81. The zero-order valence-electron chi connectivity index (χ0n) is 31.0. The maximum atomic E-state index is 13.7. The molecule has 55 heavy (non-hydrogen) atoms. The first kappa shape index (κ1) is 42.7. The lowest BCUT2D eigenvalue weighted by molar-refractivity contribution is -0.225. The maximum Gasteiger partial charge on any atom is 0.338 e. The van der Waals surface area contributed by atoms with E-state index in [1.165, 1.54) is 33.1 Å². The van der Waals surface area contributed by atoms with E-state index in [1.807, 2.05) is 0 Å². The van der Waals surface area contributed by atoms with Crippen molar-refractivity contribution >= 4 is 53.4 Å². The van der Waals surface area contributed by atoms with Crippen molar-refractivity contribution in [3.05, 3.63) is 71.8 Å². The van der Waals surface area contributed by atoms with Gasteiger partial charge < -0.3 is 48.5 Å². The topological polar surface area (TPSA) is 217 Å². The molecule has 0 radical (unpaired) electrons. The van der Waals surface area contributed by atoms with Crippen LogP contribution in [0, 0.1) is 0 Å². The van der Waals surface area contributed by atoms with E-state index in [4.69, 9.17) is 37.9 Å². The second kappa shape index (κ2) is 20.0. The van der Waals surface area contributed by atoms with Crippen LogP contribution in [-0.4, -0.2) is 122 Å². The average Bonchev–Trinajstić information content (AvgIpc) is 3.13.